The molecule has 2 atom stereocenters. The molecule has 0 heterocycles. The van der Waals surface area contributed by atoms with Crippen LogP contribution in [0.15, 0.2) is 12.2 Å². The summed E-state index contributed by atoms with van der Waals surface area (Å²) in [6.45, 7) is 5.78. The Kier molecular flexibility index (Phi) is 12.4. The Balaban J connectivity index is 3.84. The molecule has 0 radical (unpaired) electrons. The molecule has 0 aliphatic carbocycles. The maximum Gasteiger partial charge on any atom is 0.331 e. The van der Waals surface area contributed by atoms with E-state index >= 15 is 0 Å². The van der Waals surface area contributed by atoms with Gasteiger partial charge in [-0.25, -0.2) is 9.59 Å². The molecule has 0 saturated carbocycles. The van der Waals surface area contributed by atoms with Crippen molar-refractivity contribution in [2.24, 2.45) is 11.8 Å². The molecule has 22 heavy (non-hydrogen) atoms. The van der Waals surface area contributed by atoms with E-state index in [0.717, 1.165) is 25.0 Å². The van der Waals surface area contributed by atoms with Crippen molar-refractivity contribution in [1.82, 2.24) is 0 Å². The minimum atomic E-state index is -0.548. The zero-order chi connectivity index (χ0) is 16.8. The SMILES string of the molecule is COCCC(C)COC(=O)/C=C/C(=O)OCC(C)CCOC. The molecule has 0 aliphatic heterocycles. The van der Waals surface area contributed by atoms with Crippen LogP contribution < -0.4 is 0 Å². The lowest BCUT2D eigenvalue weighted by atomic mass is 10.1. The zero-order valence-corrected chi connectivity index (χ0v) is 14.0. The van der Waals surface area contributed by atoms with Crippen LogP contribution in [0.5, 0.6) is 0 Å². The molecule has 0 N–H and O–H groups in total. The predicted octanol–water partition coefficient (Wildman–Crippen LogP) is 1.97. The molecule has 0 saturated heterocycles. The molecule has 0 aliphatic rings. The molecular formula is C16H28O6. The molecule has 6 heteroatoms. The van der Waals surface area contributed by atoms with E-state index in [1.54, 1.807) is 14.2 Å². The summed E-state index contributed by atoms with van der Waals surface area (Å²) in [5.41, 5.74) is 0. The van der Waals surface area contributed by atoms with Crippen LogP contribution in [-0.4, -0.2) is 52.6 Å². The molecule has 128 valence electrons. The summed E-state index contributed by atoms with van der Waals surface area (Å²) in [6.07, 6.45) is 3.81. The van der Waals surface area contributed by atoms with Crippen molar-refractivity contribution in [2.75, 3.05) is 40.6 Å². The summed E-state index contributed by atoms with van der Waals surface area (Å²) in [6, 6.07) is 0. The number of hydrogen-bond acceptors (Lipinski definition) is 6. The summed E-state index contributed by atoms with van der Waals surface area (Å²) in [7, 11) is 3.26. The Morgan fingerprint density at radius 2 is 1.18 bits per heavy atom. The van der Waals surface area contributed by atoms with Gasteiger partial charge in [-0.3, -0.25) is 0 Å². The maximum absolute atomic E-state index is 11.4. The lowest BCUT2D eigenvalue weighted by Crippen LogP contribution is -2.13. The molecule has 2 unspecified atom stereocenters. The molecule has 0 aromatic heterocycles. The van der Waals surface area contributed by atoms with E-state index < -0.39 is 11.9 Å². The molecule has 0 aromatic rings. The van der Waals surface area contributed by atoms with Crippen molar-refractivity contribution in [1.29, 1.82) is 0 Å². The second-order valence-corrected chi connectivity index (χ2v) is 5.37. The lowest BCUT2D eigenvalue weighted by molar-refractivity contribution is -0.141. The number of carbonyl (C=O) groups excluding carboxylic acids is 2. The summed E-state index contributed by atoms with van der Waals surface area (Å²) >= 11 is 0. The molecule has 0 amide bonds. The highest BCUT2D eigenvalue weighted by Gasteiger charge is 2.07. The fourth-order valence-electron chi connectivity index (χ4n) is 1.49. The summed E-state index contributed by atoms with van der Waals surface area (Å²) in [5.74, 6) is -0.668. The highest BCUT2D eigenvalue weighted by atomic mass is 16.5. The van der Waals surface area contributed by atoms with E-state index in [0.29, 0.717) is 26.4 Å². The number of methoxy groups -OCH3 is 2. The van der Waals surface area contributed by atoms with Crippen LogP contribution >= 0.6 is 0 Å². The Hall–Kier alpha value is -1.40. The van der Waals surface area contributed by atoms with Gasteiger partial charge in [-0.2, -0.15) is 0 Å². The number of hydrogen-bond donors (Lipinski definition) is 0. The topological polar surface area (TPSA) is 71.1 Å². The lowest BCUT2D eigenvalue weighted by Gasteiger charge is -2.10. The number of ether oxygens (including phenoxy) is 4. The van der Waals surface area contributed by atoms with Gasteiger partial charge in [-0.15, -0.1) is 0 Å². The monoisotopic (exact) mass is 316 g/mol. The van der Waals surface area contributed by atoms with Crippen molar-refractivity contribution < 1.29 is 28.5 Å². The number of rotatable bonds is 12. The molecule has 0 spiro atoms. The van der Waals surface area contributed by atoms with Gasteiger partial charge in [-0.1, -0.05) is 13.8 Å². The molecular weight excluding hydrogens is 288 g/mol. The van der Waals surface area contributed by atoms with Crippen molar-refractivity contribution in [3.05, 3.63) is 12.2 Å². The fourth-order valence-corrected chi connectivity index (χ4v) is 1.49. The number of carbonyl (C=O) groups is 2. The van der Waals surface area contributed by atoms with Crippen molar-refractivity contribution in [3.63, 3.8) is 0 Å². The Bertz CT molecular complexity index is 308. The van der Waals surface area contributed by atoms with Crippen molar-refractivity contribution >= 4 is 11.9 Å². The summed E-state index contributed by atoms with van der Waals surface area (Å²) in [4.78, 5) is 22.9. The molecule has 6 nitrogen and oxygen atoms in total. The van der Waals surface area contributed by atoms with E-state index in [9.17, 15) is 9.59 Å². The smallest absolute Gasteiger partial charge is 0.331 e. The van der Waals surface area contributed by atoms with E-state index in [1.165, 1.54) is 0 Å². The molecule has 0 rings (SSSR count). The number of esters is 2. The van der Waals surface area contributed by atoms with Gasteiger partial charge in [0, 0.05) is 39.6 Å². The standard InChI is InChI=1S/C16H28O6/c1-13(7-9-19-3)11-21-15(17)5-6-16(18)22-12-14(2)8-10-20-4/h5-6,13-14H,7-12H2,1-4H3/b6-5+. The normalized spacial score (nSPS) is 13.8. The van der Waals surface area contributed by atoms with Crippen LogP contribution in [-0.2, 0) is 28.5 Å². The van der Waals surface area contributed by atoms with Gasteiger partial charge in [-0.05, 0) is 24.7 Å². The van der Waals surface area contributed by atoms with Crippen LogP contribution in [0.1, 0.15) is 26.7 Å². The minimum absolute atomic E-state index is 0.214. The first-order valence-electron chi connectivity index (χ1n) is 7.49. The van der Waals surface area contributed by atoms with E-state index in [4.69, 9.17) is 18.9 Å². The van der Waals surface area contributed by atoms with Gasteiger partial charge in [0.05, 0.1) is 13.2 Å². The predicted molar refractivity (Wildman–Crippen MR) is 82.4 cm³/mol. The fraction of sp³-hybridized carbons (Fsp3) is 0.750. The average molecular weight is 316 g/mol. The summed E-state index contributed by atoms with van der Waals surface area (Å²) in [5, 5.41) is 0. The third-order valence-electron chi connectivity index (χ3n) is 3.01. The van der Waals surface area contributed by atoms with E-state index in [1.807, 2.05) is 13.8 Å². The van der Waals surface area contributed by atoms with E-state index in [-0.39, 0.29) is 11.8 Å². The second kappa shape index (κ2) is 13.3. The van der Waals surface area contributed by atoms with Crippen molar-refractivity contribution in [2.45, 2.75) is 26.7 Å². The zero-order valence-electron chi connectivity index (χ0n) is 14.0. The quantitative estimate of drug-likeness (QED) is 0.405. The average Bonchev–Trinajstić information content (AvgIpc) is 2.52. The van der Waals surface area contributed by atoms with Gasteiger partial charge in [0.25, 0.3) is 0 Å². The summed E-state index contributed by atoms with van der Waals surface area (Å²) < 4.78 is 19.9. The van der Waals surface area contributed by atoms with Crippen LogP contribution in [0.4, 0.5) is 0 Å². The first-order valence-corrected chi connectivity index (χ1v) is 7.49. The highest BCUT2D eigenvalue weighted by molar-refractivity contribution is 5.91. The second-order valence-electron chi connectivity index (χ2n) is 5.37. The largest absolute Gasteiger partial charge is 0.462 e. The molecule has 0 bridgehead atoms. The van der Waals surface area contributed by atoms with Gasteiger partial charge >= 0.3 is 11.9 Å². The van der Waals surface area contributed by atoms with Gasteiger partial charge < -0.3 is 18.9 Å². The van der Waals surface area contributed by atoms with Gasteiger partial charge in [0.15, 0.2) is 0 Å². The maximum atomic E-state index is 11.4. The third kappa shape index (κ3) is 12.3. The highest BCUT2D eigenvalue weighted by Crippen LogP contribution is 2.04. The van der Waals surface area contributed by atoms with Crippen LogP contribution in [0, 0.1) is 11.8 Å². The van der Waals surface area contributed by atoms with Crippen LogP contribution in [0.25, 0.3) is 0 Å². The van der Waals surface area contributed by atoms with Crippen LogP contribution in [0.2, 0.25) is 0 Å². The van der Waals surface area contributed by atoms with E-state index in [2.05, 4.69) is 0 Å². The first kappa shape index (κ1) is 20.6. The van der Waals surface area contributed by atoms with Crippen LogP contribution in [0.3, 0.4) is 0 Å². The van der Waals surface area contributed by atoms with Gasteiger partial charge in [0.1, 0.15) is 0 Å². The Labute approximate surface area is 132 Å². The molecule has 0 aromatic carbocycles. The third-order valence-corrected chi connectivity index (χ3v) is 3.01. The van der Waals surface area contributed by atoms with Crippen molar-refractivity contribution in [3.8, 4) is 0 Å². The first-order chi connectivity index (χ1) is 10.5. The minimum Gasteiger partial charge on any atom is -0.462 e. The molecule has 0 fully saturated rings. The van der Waals surface area contributed by atoms with Gasteiger partial charge in [0.2, 0.25) is 0 Å². The Morgan fingerprint density at radius 1 is 0.818 bits per heavy atom. The Morgan fingerprint density at radius 3 is 1.50 bits per heavy atom.